The highest BCUT2D eigenvalue weighted by Crippen LogP contribution is 2.17. The van der Waals surface area contributed by atoms with Gasteiger partial charge in [-0.05, 0) is 12.1 Å². The fourth-order valence-electron chi connectivity index (χ4n) is 1.72. The Labute approximate surface area is 88.9 Å². The molecule has 15 heavy (non-hydrogen) atoms. The van der Waals surface area contributed by atoms with E-state index in [0.717, 1.165) is 18.7 Å². The van der Waals surface area contributed by atoms with Gasteiger partial charge in [-0.3, -0.25) is 9.78 Å². The van der Waals surface area contributed by atoms with E-state index in [1.54, 1.807) is 19.3 Å². The maximum atomic E-state index is 11.1. The van der Waals surface area contributed by atoms with Gasteiger partial charge < -0.3 is 9.64 Å². The van der Waals surface area contributed by atoms with E-state index >= 15 is 0 Å². The lowest BCUT2D eigenvalue weighted by atomic mass is 10.3. The molecule has 0 saturated carbocycles. The van der Waals surface area contributed by atoms with Crippen molar-refractivity contribution in [1.29, 1.82) is 0 Å². The second-order valence-corrected chi connectivity index (χ2v) is 3.68. The van der Waals surface area contributed by atoms with Crippen molar-refractivity contribution in [3.05, 3.63) is 24.5 Å². The van der Waals surface area contributed by atoms with Gasteiger partial charge in [-0.25, -0.2) is 0 Å². The van der Waals surface area contributed by atoms with Crippen molar-refractivity contribution in [2.45, 2.75) is 19.4 Å². The van der Waals surface area contributed by atoms with Crippen LogP contribution in [0.2, 0.25) is 0 Å². The standard InChI is InChI=1S/C11H14N2O2/c1-9(14)13-7-4-11(8-13)15-10-2-5-12-6-3-10/h2-3,5-6,11H,4,7-8H2,1H3/t11-/m0/s1. The molecule has 1 saturated heterocycles. The zero-order valence-electron chi connectivity index (χ0n) is 8.72. The van der Waals surface area contributed by atoms with Crippen LogP contribution in [0.3, 0.4) is 0 Å². The lowest BCUT2D eigenvalue weighted by Crippen LogP contribution is -2.28. The molecule has 0 unspecified atom stereocenters. The number of hydrogen-bond acceptors (Lipinski definition) is 3. The van der Waals surface area contributed by atoms with E-state index in [-0.39, 0.29) is 12.0 Å². The van der Waals surface area contributed by atoms with Crippen LogP contribution in [0.4, 0.5) is 0 Å². The second kappa shape index (κ2) is 4.29. The summed E-state index contributed by atoms with van der Waals surface area (Å²) in [5, 5.41) is 0. The molecule has 1 aliphatic heterocycles. The largest absolute Gasteiger partial charge is 0.488 e. The first-order valence-corrected chi connectivity index (χ1v) is 5.08. The van der Waals surface area contributed by atoms with Gasteiger partial charge in [0.25, 0.3) is 0 Å². The van der Waals surface area contributed by atoms with Crippen LogP contribution in [-0.2, 0) is 4.79 Å². The third kappa shape index (κ3) is 2.46. The topological polar surface area (TPSA) is 42.4 Å². The monoisotopic (exact) mass is 206 g/mol. The Morgan fingerprint density at radius 3 is 2.87 bits per heavy atom. The first kappa shape index (κ1) is 9.96. The molecule has 1 fully saturated rings. The Bertz CT molecular complexity index is 340. The minimum atomic E-state index is 0.121. The summed E-state index contributed by atoms with van der Waals surface area (Å²) in [4.78, 5) is 16.8. The van der Waals surface area contributed by atoms with Crippen molar-refractivity contribution in [3.8, 4) is 5.75 Å². The van der Waals surface area contributed by atoms with Gasteiger partial charge in [-0.2, -0.15) is 0 Å². The molecule has 0 aromatic carbocycles. The van der Waals surface area contributed by atoms with Crippen LogP contribution in [0, 0.1) is 0 Å². The molecule has 2 heterocycles. The van der Waals surface area contributed by atoms with Crippen molar-refractivity contribution in [2.75, 3.05) is 13.1 Å². The third-order valence-corrected chi connectivity index (χ3v) is 2.54. The number of rotatable bonds is 2. The van der Waals surface area contributed by atoms with E-state index in [1.165, 1.54) is 0 Å². The highest BCUT2D eigenvalue weighted by Gasteiger charge is 2.25. The molecule has 0 radical (unpaired) electrons. The molecule has 1 amide bonds. The summed E-state index contributed by atoms with van der Waals surface area (Å²) in [6.45, 7) is 3.08. The van der Waals surface area contributed by atoms with Crippen LogP contribution in [0.15, 0.2) is 24.5 Å². The number of ether oxygens (including phenoxy) is 1. The molecular weight excluding hydrogens is 192 g/mol. The molecule has 1 aliphatic rings. The van der Waals surface area contributed by atoms with E-state index in [0.29, 0.717) is 6.54 Å². The van der Waals surface area contributed by atoms with E-state index in [1.807, 2.05) is 17.0 Å². The van der Waals surface area contributed by atoms with Gasteiger partial charge in [0.1, 0.15) is 11.9 Å². The van der Waals surface area contributed by atoms with E-state index in [2.05, 4.69) is 4.98 Å². The van der Waals surface area contributed by atoms with Crippen LogP contribution in [0.1, 0.15) is 13.3 Å². The predicted molar refractivity (Wildman–Crippen MR) is 55.5 cm³/mol. The molecule has 0 spiro atoms. The number of pyridine rings is 1. The zero-order chi connectivity index (χ0) is 10.7. The molecule has 1 aromatic rings. The Kier molecular flexibility index (Phi) is 2.85. The van der Waals surface area contributed by atoms with Crippen molar-refractivity contribution >= 4 is 5.91 Å². The van der Waals surface area contributed by atoms with Crippen LogP contribution < -0.4 is 4.74 Å². The van der Waals surface area contributed by atoms with Gasteiger partial charge in [0.2, 0.25) is 5.91 Å². The number of carbonyl (C=O) groups excluding carboxylic acids is 1. The molecule has 0 bridgehead atoms. The normalized spacial score (nSPS) is 20.3. The van der Waals surface area contributed by atoms with Gasteiger partial charge >= 0.3 is 0 Å². The molecule has 80 valence electrons. The highest BCUT2D eigenvalue weighted by molar-refractivity contribution is 5.73. The summed E-state index contributed by atoms with van der Waals surface area (Å²) in [6, 6.07) is 3.66. The summed E-state index contributed by atoms with van der Waals surface area (Å²) >= 11 is 0. The van der Waals surface area contributed by atoms with Gasteiger partial charge in [-0.1, -0.05) is 0 Å². The molecule has 0 aliphatic carbocycles. The molecule has 1 aromatic heterocycles. The molecule has 1 atom stereocenters. The molecule has 4 nitrogen and oxygen atoms in total. The zero-order valence-corrected chi connectivity index (χ0v) is 8.72. The summed E-state index contributed by atoms with van der Waals surface area (Å²) in [5.41, 5.74) is 0. The van der Waals surface area contributed by atoms with Gasteiger partial charge in [0.15, 0.2) is 0 Å². The van der Waals surface area contributed by atoms with E-state index in [9.17, 15) is 4.79 Å². The Morgan fingerprint density at radius 2 is 2.27 bits per heavy atom. The van der Waals surface area contributed by atoms with Crippen LogP contribution in [-0.4, -0.2) is 35.0 Å². The third-order valence-electron chi connectivity index (χ3n) is 2.54. The highest BCUT2D eigenvalue weighted by atomic mass is 16.5. The minimum Gasteiger partial charge on any atom is -0.488 e. The SMILES string of the molecule is CC(=O)N1CC[C@H](Oc2ccncc2)C1. The fraction of sp³-hybridized carbons (Fsp3) is 0.455. The average molecular weight is 206 g/mol. The lowest BCUT2D eigenvalue weighted by Gasteiger charge is -2.15. The van der Waals surface area contributed by atoms with Crippen LogP contribution in [0.25, 0.3) is 0 Å². The Morgan fingerprint density at radius 1 is 1.53 bits per heavy atom. The number of amides is 1. The smallest absolute Gasteiger partial charge is 0.219 e. The second-order valence-electron chi connectivity index (χ2n) is 3.68. The van der Waals surface area contributed by atoms with Gasteiger partial charge in [0.05, 0.1) is 6.54 Å². The van der Waals surface area contributed by atoms with Crippen molar-refractivity contribution in [3.63, 3.8) is 0 Å². The maximum absolute atomic E-state index is 11.1. The Balaban J connectivity index is 1.90. The fourth-order valence-corrected chi connectivity index (χ4v) is 1.72. The quantitative estimate of drug-likeness (QED) is 0.727. The predicted octanol–water partition coefficient (Wildman–Crippen LogP) is 1.08. The van der Waals surface area contributed by atoms with Crippen LogP contribution in [0.5, 0.6) is 5.75 Å². The molecular formula is C11H14N2O2. The Hall–Kier alpha value is -1.58. The maximum Gasteiger partial charge on any atom is 0.219 e. The first-order chi connectivity index (χ1) is 7.25. The molecule has 0 N–H and O–H groups in total. The summed E-state index contributed by atoms with van der Waals surface area (Å²) in [7, 11) is 0. The number of hydrogen-bond donors (Lipinski definition) is 0. The van der Waals surface area contributed by atoms with Crippen LogP contribution >= 0.6 is 0 Å². The van der Waals surface area contributed by atoms with Crippen molar-refractivity contribution < 1.29 is 9.53 Å². The summed E-state index contributed by atoms with van der Waals surface area (Å²) < 4.78 is 5.72. The number of nitrogens with zero attached hydrogens (tertiary/aromatic N) is 2. The van der Waals surface area contributed by atoms with Gasteiger partial charge in [-0.15, -0.1) is 0 Å². The van der Waals surface area contributed by atoms with Gasteiger partial charge in [0, 0.05) is 32.3 Å². The average Bonchev–Trinajstić information content (AvgIpc) is 2.68. The minimum absolute atomic E-state index is 0.121. The van der Waals surface area contributed by atoms with Crippen molar-refractivity contribution in [2.24, 2.45) is 0 Å². The first-order valence-electron chi connectivity index (χ1n) is 5.08. The lowest BCUT2D eigenvalue weighted by molar-refractivity contribution is -0.128. The van der Waals surface area contributed by atoms with E-state index in [4.69, 9.17) is 4.74 Å². The van der Waals surface area contributed by atoms with E-state index < -0.39 is 0 Å². The number of aromatic nitrogens is 1. The number of carbonyl (C=O) groups is 1. The summed E-state index contributed by atoms with van der Waals surface area (Å²) in [6.07, 6.45) is 4.43. The number of likely N-dealkylation sites (tertiary alicyclic amines) is 1. The molecule has 4 heteroatoms. The van der Waals surface area contributed by atoms with Crippen molar-refractivity contribution in [1.82, 2.24) is 9.88 Å². The molecule has 2 rings (SSSR count). The summed E-state index contributed by atoms with van der Waals surface area (Å²) in [5.74, 6) is 0.941.